The van der Waals surface area contributed by atoms with Crippen molar-refractivity contribution < 1.29 is 9.47 Å². The molecule has 0 aliphatic heterocycles. The molecule has 0 aliphatic rings. The Balaban J connectivity index is 2.14. The van der Waals surface area contributed by atoms with Gasteiger partial charge in [0.15, 0.2) is 0 Å². The SMILES string of the molecule is CCc1ccc(CNc2cc(Cl)c(OC)cc2OC)s1. The van der Waals surface area contributed by atoms with Crippen LogP contribution >= 0.6 is 22.9 Å². The van der Waals surface area contributed by atoms with Crippen molar-refractivity contribution in [1.82, 2.24) is 0 Å². The number of hydrogen-bond donors (Lipinski definition) is 1. The second-order valence-corrected chi connectivity index (χ2v) is 5.92. The Labute approximate surface area is 128 Å². The molecule has 1 aromatic heterocycles. The van der Waals surface area contributed by atoms with E-state index >= 15 is 0 Å². The molecule has 3 nitrogen and oxygen atoms in total. The van der Waals surface area contributed by atoms with Crippen molar-refractivity contribution in [3.05, 3.63) is 39.0 Å². The molecule has 2 rings (SSSR count). The predicted octanol–water partition coefficient (Wildman–Crippen LogP) is 4.59. The lowest BCUT2D eigenvalue weighted by Crippen LogP contribution is -2.00. The smallest absolute Gasteiger partial charge is 0.145 e. The molecule has 0 fully saturated rings. The largest absolute Gasteiger partial charge is 0.495 e. The Morgan fingerprint density at radius 1 is 1.10 bits per heavy atom. The van der Waals surface area contributed by atoms with Gasteiger partial charge in [-0.25, -0.2) is 0 Å². The number of benzene rings is 1. The van der Waals surface area contributed by atoms with Crippen LogP contribution in [0.25, 0.3) is 0 Å². The first-order chi connectivity index (χ1) is 9.67. The molecule has 0 bridgehead atoms. The van der Waals surface area contributed by atoms with Gasteiger partial charge in [0.25, 0.3) is 0 Å². The molecule has 0 atom stereocenters. The van der Waals surface area contributed by atoms with Crippen LogP contribution in [0.1, 0.15) is 16.7 Å². The second-order valence-electron chi connectivity index (χ2n) is 4.26. The molecule has 0 aliphatic carbocycles. The standard InChI is InChI=1S/C15H18ClNO2S/c1-4-10-5-6-11(20-10)9-17-13-7-12(16)14(18-2)8-15(13)19-3/h5-8,17H,4,9H2,1-3H3. The highest BCUT2D eigenvalue weighted by atomic mass is 35.5. The third-order valence-corrected chi connectivity index (χ3v) is 4.52. The van der Waals surface area contributed by atoms with Crippen LogP contribution in [0.4, 0.5) is 5.69 Å². The summed E-state index contributed by atoms with van der Waals surface area (Å²) in [6, 6.07) is 7.93. The van der Waals surface area contributed by atoms with E-state index in [0.29, 0.717) is 10.8 Å². The van der Waals surface area contributed by atoms with E-state index in [1.807, 2.05) is 17.4 Å². The van der Waals surface area contributed by atoms with Crippen LogP contribution in [0.15, 0.2) is 24.3 Å². The molecule has 108 valence electrons. The van der Waals surface area contributed by atoms with E-state index in [4.69, 9.17) is 21.1 Å². The molecule has 1 N–H and O–H groups in total. The van der Waals surface area contributed by atoms with Crippen molar-refractivity contribution in [2.24, 2.45) is 0 Å². The Bertz CT molecular complexity index is 583. The fraction of sp³-hybridized carbons (Fsp3) is 0.333. The van der Waals surface area contributed by atoms with E-state index in [1.165, 1.54) is 9.75 Å². The normalized spacial score (nSPS) is 10.4. The summed E-state index contributed by atoms with van der Waals surface area (Å²) >= 11 is 7.97. The van der Waals surface area contributed by atoms with Crippen LogP contribution < -0.4 is 14.8 Å². The van der Waals surface area contributed by atoms with Gasteiger partial charge in [-0.1, -0.05) is 18.5 Å². The van der Waals surface area contributed by atoms with Gasteiger partial charge in [-0.3, -0.25) is 0 Å². The number of halogens is 1. The van der Waals surface area contributed by atoms with Crippen LogP contribution in [0, 0.1) is 0 Å². The maximum atomic E-state index is 6.15. The number of rotatable bonds is 6. The second kappa shape index (κ2) is 6.86. The lowest BCUT2D eigenvalue weighted by Gasteiger charge is -2.13. The average molecular weight is 312 g/mol. The van der Waals surface area contributed by atoms with Crippen LogP contribution in [0.2, 0.25) is 5.02 Å². The van der Waals surface area contributed by atoms with Gasteiger partial charge < -0.3 is 14.8 Å². The number of ether oxygens (including phenoxy) is 2. The molecule has 1 aromatic carbocycles. The van der Waals surface area contributed by atoms with Crippen molar-refractivity contribution in [2.75, 3.05) is 19.5 Å². The first-order valence-electron chi connectivity index (χ1n) is 6.41. The van der Waals surface area contributed by atoms with Crippen LogP contribution in [-0.4, -0.2) is 14.2 Å². The van der Waals surface area contributed by atoms with Crippen LogP contribution in [-0.2, 0) is 13.0 Å². The molecule has 0 unspecified atom stereocenters. The van der Waals surface area contributed by atoms with E-state index in [1.54, 1.807) is 20.3 Å². The van der Waals surface area contributed by atoms with Gasteiger partial charge in [0, 0.05) is 22.4 Å². The molecule has 2 aromatic rings. The highest BCUT2D eigenvalue weighted by Gasteiger charge is 2.10. The zero-order valence-corrected chi connectivity index (χ0v) is 13.4. The Kier molecular flexibility index (Phi) is 5.15. The predicted molar refractivity (Wildman–Crippen MR) is 85.6 cm³/mol. The van der Waals surface area contributed by atoms with Crippen LogP contribution in [0.3, 0.4) is 0 Å². The van der Waals surface area contributed by atoms with E-state index in [2.05, 4.69) is 24.4 Å². The minimum atomic E-state index is 0.566. The minimum absolute atomic E-state index is 0.566. The number of hydrogen-bond acceptors (Lipinski definition) is 4. The minimum Gasteiger partial charge on any atom is -0.495 e. The van der Waals surface area contributed by atoms with Gasteiger partial charge in [-0.2, -0.15) is 0 Å². The maximum absolute atomic E-state index is 6.15. The van der Waals surface area contributed by atoms with E-state index in [-0.39, 0.29) is 0 Å². The number of methoxy groups -OCH3 is 2. The van der Waals surface area contributed by atoms with Crippen LogP contribution in [0.5, 0.6) is 11.5 Å². The van der Waals surface area contributed by atoms with Gasteiger partial charge in [0.1, 0.15) is 11.5 Å². The monoisotopic (exact) mass is 311 g/mol. The molecule has 0 spiro atoms. The van der Waals surface area contributed by atoms with E-state index in [0.717, 1.165) is 24.4 Å². The number of nitrogens with one attached hydrogen (secondary N) is 1. The van der Waals surface area contributed by atoms with E-state index in [9.17, 15) is 0 Å². The lowest BCUT2D eigenvalue weighted by atomic mass is 10.2. The summed E-state index contributed by atoms with van der Waals surface area (Å²) in [7, 11) is 3.22. The van der Waals surface area contributed by atoms with Gasteiger partial charge >= 0.3 is 0 Å². The fourth-order valence-corrected chi connectivity index (χ4v) is 3.03. The zero-order valence-electron chi connectivity index (χ0n) is 11.8. The lowest BCUT2D eigenvalue weighted by molar-refractivity contribution is 0.395. The first kappa shape index (κ1) is 15.0. The highest BCUT2D eigenvalue weighted by Crippen LogP contribution is 2.36. The number of anilines is 1. The molecule has 0 radical (unpaired) electrons. The number of thiophene rings is 1. The fourth-order valence-electron chi connectivity index (χ4n) is 1.89. The Morgan fingerprint density at radius 2 is 1.80 bits per heavy atom. The molecule has 1 heterocycles. The average Bonchev–Trinajstić information content (AvgIpc) is 2.93. The topological polar surface area (TPSA) is 30.5 Å². The highest BCUT2D eigenvalue weighted by molar-refractivity contribution is 7.12. The molecular weight excluding hydrogens is 294 g/mol. The van der Waals surface area contributed by atoms with Crippen molar-refractivity contribution in [3.8, 4) is 11.5 Å². The molecular formula is C15H18ClNO2S. The summed E-state index contributed by atoms with van der Waals surface area (Å²) in [4.78, 5) is 2.68. The van der Waals surface area contributed by atoms with Gasteiger partial charge in [-0.15, -0.1) is 11.3 Å². The summed E-state index contributed by atoms with van der Waals surface area (Å²) in [6.45, 7) is 2.92. The molecule has 0 saturated heterocycles. The zero-order chi connectivity index (χ0) is 14.5. The Morgan fingerprint density at radius 3 is 2.40 bits per heavy atom. The molecule has 5 heteroatoms. The quantitative estimate of drug-likeness (QED) is 0.846. The first-order valence-corrected chi connectivity index (χ1v) is 7.60. The number of aryl methyl sites for hydroxylation is 1. The third kappa shape index (κ3) is 3.38. The summed E-state index contributed by atoms with van der Waals surface area (Å²) in [6.07, 6.45) is 1.07. The third-order valence-electron chi connectivity index (χ3n) is 2.99. The molecule has 0 saturated carbocycles. The van der Waals surface area contributed by atoms with Gasteiger partial charge in [0.05, 0.1) is 24.9 Å². The molecule has 20 heavy (non-hydrogen) atoms. The van der Waals surface area contributed by atoms with Gasteiger partial charge in [-0.05, 0) is 24.6 Å². The summed E-state index contributed by atoms with van der Waals surface area (Å²) in [5.41, 5.74) is 0.866. The van der Waals surface area contributed by atoms with Crippen molar-refractivity contribution in [3.63, 3.8) is 0 Å². The van der Waals surface area contributed by atoms with Crippen molar-refractivity contribution in [1.29, 1.82) is 0 Å². The molecule has 0 amide bonds. The van der Waals surface area contributed by atoms with Crippen molar-refractivity contribution >= 4 is 28.6 Å². The summed E-state index contributed by atoms with van der Waals surface area (Å²) < 4.78 is 10.5. The summed E-state index contributed by atoms with van der Waals surface area (Å²) in [5, 5.41) is 3.92. The van der Waals surface area contributed by atoms with Crippen molar-refractivity contribution in [2.45, 2.75) is 19.9 Å². The Hall–Kier alpha value is -1.39. The maximum Gasteiger partial charge on any atom is 0.145 e. The van der Waals surface area contributed by atoms with Gasteiger partial charge in [0.2, 0.25) is 0 Å². The van der Waals surface area contributed by atoms with E-state index < -0.39 is 0 Å². The summed E-state index contributed by atoms with van der Waals surface area (Å²) in [5.74, 6) is 1.33.